The highest BCUT2D eigenvalue weighted by atomic mass is 35.5. The number of aromatic nitrogens is 3. The summed E-state index contributed by atoms with van der Waals surface area (Å²) in [6.07, 6.45) is 0. The Kier molecular flexibility index (Phi) is 9.40. The van der Waals surface area contributed by atoms with Crippen molar-refractivity contribution in [3.63, 3.8) is 0 Å². The number of halogens is 2. The number of thioether (sulfide) groups is 1. The smallest absolute Gasteiger partial charge is 0.251 e. The maximum atomic E-state index is 12.9. The van der Waals surface area contributed by atoms with Gasteiger partial charge in [-0.15, -0.1) is 10.2 Å². The second kappa shape index (κ2) is 12.8. The Morgan fingerprint density at radius 3 is 2.27 bits per heavy atom. The Labute approximate surface area is 247 Å². The van der Waals surface area contributed by atoms with Crippen LogP contribution in [0.3, 0.4) is 0 Å². The van der Waals surface area contributed by atoms with Gasteiger partial charge in [-0.3, -0.25) is 14.2 Å². The summed E-state index contributed by atoms with van der Waals surface area (Å²) in [7, 11) is 1.58. The third kappa shape index (κ3) is 7.35. The standard InChI is InChI=1S/C29H29Cl2N5O3S/c1-29(2,3)19-7-5-18(6-8-19)27(38)32-16-25-34-35-28(36(25)21-11-14-23(30)24(31)15-21)40-17-26(37)33-20-9-12-22(39-4)13-10-20/h5-15H,16-17H2,1-4H3,(H,32,38)(H,33,37). The fraction of sp³-hybridized carbons (Fsp3) is 0.241. The normalized spacial score (nSPS) is 11.2. The topological polar surface area (TPSA) is 98.1 Å². The number of carbonyl (C=O) groups excluding carboxylic acids is 2. The number of rotatable bonds is 9. The molecule has 0 aliphatic carbocycles. The second-order valence-corrected chi connectivity index (χ2v) is 11.7. The monoisotopic (exact) mass is 597 g/mol. The lowest BCUT2D eigenvalue weighted by atomic mass is 9.87. The van der Waals surface area contributed by atoms with Crippen molar-refractivity contribution in [2.24, 2.45) is 0 Å². The first-order valence-electron chi connectivity index (χ1n) is 12.4. The van der Waals surface area contributed by atoms with Crippen LogP contribution in [0.4, 0.5) is 5.69 Å². The molecule has 0 spiro atoms. The van der Waals surface area contributed by atoms with E-state index < -0.39 is 0 Å². The van der Waals surface area contributed by atoms with Crippen molar-refractivity contribution in [2.75, 3.05) is 18.2 Å². The summed E-state index contributed by atoms with van der Waals surface area (Å²) in [5.41, 5.74) is 2.97. The van der Waals surface area contributed by atoms with Crippen LogP contribution >= 0.6 is 35.0 Å². The van der Waals surface area contributed by atoms with E-state index in [9.17, 15) is 9.59 Å². The molecule has 1 aromatic heterocycles. The van der Waals surface area contributed by atoms with Crippen molar-refractivity contribution in [3.8, 4) is 11.4 Å². The first kappa shape index (κ1) is 29.5. The van der Waals surface area contributed by atoms with E-state index in [2.05, 4.69) is 41.6 Å². The zero-order chi connectivity index (χ0) is 28.9. The van der Waals surface area contributed by atoms with Gasteiger partial charge in [0.2, 0.25) is 5.91 Å². The van der Waals surface area contributed by atoms with E-state index in [1.807, 2.05) is 24.3 Å². The summed E-state index contributed by atoms with van der Waals surface area (Å²) in [6, 6.07) is 19.7. The lowest BCUT2D eigenvalue weighted by Gasteiger charge is -2.19. The SMILES string of the molecule is COc1ccc(NC(=O)CSc2nnc(CNC(=O)c3ccc(C(C)(C)C)cc3)n2-c2ccc(Cl)c(Cl)c2)cc1. The lowest BCUT2D eigenvalue weighted by Crippen LogP contribution is -2.25. The molecule has 3 aromatic carbocycles. The number of hydrogen-bond acceptors (Lipinski definition) is 6. The third-order valence-electron chi connectivity index (χ3n) is 5.99. The number of carbonyl (C=O) groups is 2. The summed E-state index contributed by atoms with van der Waals surface area (Å²) >= 11 is 13.6. The number of nitrogens with one attached hydrogen (secondary N) is 2. The van der Waals surface area contributed by atoms with Gasteiger partial charge in [-0.05, 0) is 65.6 Å². The number of methoxy groups -OCH3 is 1. The van der Waals surface area contributed by atoms with Crippen LogP contribution in [-0.2, 0) is 16.8 Å². The summed E-state index contributed by atoms with van der Waals surface area (Å²) < 4.78 is 6.90. The molecule has 0 bridgehead atoms. The van der Waals surface area contributed by atoms with Gasteiger partial charge in [0.05, 0.1) is 35.1 Å². The Balaban J connectivity index is 1.50. The van der Waals surface area contributed by atoms with Gasteiger partial charge in [-0.1, -0.05) is 67.9 Å². The van der Waals surface area contributed by atoms with Gasteiger partial charge >= 0.3 is 0 Å². The highest BCUT2D eigenvalue weighted by Gasteiger charge is 2.19. The quantitative estimate of drug-likeness (QED) is 0.212. The van der Waals surface area contributed by atoms with Crippen LogP contribution in [0.25, 0.3) is 5.69 Å². The summed E-state index contributed by atoms with van der Waals surface area (Å²) in [4.78, 5) is 25.5. The molecule has 4 aromatic rings. The number of hydrogen-bond donors (Lipinski definition) is 2. The van der Waals surface area contributed by atoms with E-state index >= 15 is 0 Å². The van der Waals surface area contributed by atoms with Gasteiger partial charge in [0.25, 0.3) is 5.91 Å². The fourth-order valence-electron chi connectivity index (χ4n) is 3.78. The first-order valence-corrected chi connectivity index (χ1v) is 14.1. The molecule has 4 rings (SSSR count). The minimum Gasteiger partial charge on any atom is -0.497 e. The van der Waals surface area contributed by atoms with Crippen molar-refractivity contribution in [1.29, 1.82) is 0 Å². The molecule has 208 valence electrons. The molecule has 1 heterocycles. The molecule has 0 aliphatic rings. The third-order valence-corrected chi connectivity index (χ3v) is 7.66. The molecule has 0 saturated carbocycles. The number of ether oxygens (including phenoxy) is 1. The van der Waals surface area contributed by atoms with Crippen LogP contribution in [-0.4, -0.2) is 39.4 Å². The molecule has 40 heavy (non-hydrogen) atoms. The summed E-state index contributed by atoms with van der Waals surface area (Å²) in [6.45, 7) is 6.47. The molecular formula is C29H29Cl2N5O3S. The van der Waals surface area contributed by atoms with Crippen LogP contribution in [0, 0.1) is 0 Å². The molecule has 2 amide bonds. The molecule has 0 fully saturated rings. The first-order chi connectivity index (χ1) is 19.0. The molecule has 0 atom stereocenters. The molecule has 8 nitrogen and oxygen atoms in total. The Morgan fingerprint density at radius 2 is 1.65 bits per heavy atom. The molecule has 0 unspecified atom stereocenters. The lowest BCUT2D eigenvalue weighted by molar-refractivity contribution is -0.113. The minimum absolute atomic E-state index is 0.00904. The minimum atomic E-state index is -0.239. The van der Waals surface area contributed by atoms with Crippen LogP contribution in [0.5, 0.6) is 5.75 Å². The van der Waals surface area contributed by atoms with Gasteiger partial charge in [-0.25, -0.2) is 0 Å². The van der Waals surface area contributed by atoms with E-state index in [4.69, 9.17) is 27.9 Å². The van der Waals surface area contributed by atoms with Crippen LogP contribution in [0.15, 0.2) is 71.9 Å². The van der Waals surface area contributed by atoms with Gasteiger partial charge in [0, 0.05) is 11.3 Å². The van der Waals surface area contributed by atoms with E-state index in [0.717, 1.165) is 5.56 Å². The van der Waals surface area contributed by atoms with E-state index in [1.165, 1.54) is 11.8 Å². The second-order valence-electron chi connectivity index (χ2n) is 9.91. The average Bonchev–Trinajstić information content (AvgIpc) is 3.35. The van der Waals surface area contributed by atoms with Crippen molar-refractivity contribution >= 4 is 52.5 Å². The Morgan fingerprint density at radius 1 is 0.950 bits per heavy atom. The van der Waals surface area contributed by atoms with E-state index in [-0.39, 0.29) is 29.5 Å². The summed E-state index contributed by atoms with van der Waals surface area (Å²) in [5, 5.41) is 15.6. The zero-order valence-electron chi connectivity index (χ0n) is 22.5. The number of nitrogens with zero attached hydrogens (tertiary/aromatic N) is 3. The maximum Gasteiger partial charge on any atom is 0.251 e. The van der Waals surface area contributed by atoms with Gasteiger partial charge in [0.1, 0.15) is 5.75 Å². The van der Waals surface area contributed by atoms with Crippen molar-refractivity contribution < 1.29 is 14.3 Å². The number of benzene rings is 3. The largest absolute Gasteiger partial charge is 0.497 e. The maximum absolute atomic E-state index is 12.9. The molecular weight excluding hydrogens is 569 g/mol. The number of amides is 2. The molecule has 0 saturated heterocycles. The summed E-state index contributed by atoms with van der Waals surface area (Å²) in [5.74, 6) is 0.794. The van der Waals surface area contributed by atoms with Gasteiger partial charge < -0.3 is 15.4 Å². The predicted molar refractivity (Wildman–Crippen MR) is 160 cm³/mol. The number of anilines is 1. The fourth-order valence-corrected chi connectivity index (χ4v) is 4.84. The highest BCUT2D eigenvalue weighted by Crippen LogP contribution is 2.28. The van der Waals surface area contributed by atoms with E-state index in [0.29, 0.717) is 43.7 Å². The Hall–Kier alpha value is -3.53. The molecule has 11 heteroatoms. The van der Waals surface area contributed by atoms with Gasteiger partial charge in [0.15, 0.2) is 11.0 Å². The van der Waals surface area contributed by atoms with Gasteiger partial charge in [-0.2, -0.15) is 0 Å². The van der Waals surface area contributed by atoms with Crippen LogP contribution in [0.1, 0.15) is 42.5 Å². The van der Waals surface area contributed by atoms with Crippen molar-refractivity contribution in [2.45, 2.75) is 37.9 Å². The molecule has 0 radical (unpaired) electrons. The van der Waals surface area contributed by atoms with Crippen LogP contribution < -0.4 is 15.4 Å². The van der Waals surface area contributed by atoms with Crippen LogP contribution in [0.2, 0.25) is 10.0 Å². The zero-order valence-corrected chi connectivity index (χ0v) is 24.8. The highest BCUT2D eigenvalue weighted by molar-refractivity contribution is 7.99. The predicted octanol–water partition coefficient (Wildman–Crippen LogP) is 6.54. The molecule has 2 N–H and O–H groups in total. The van der Waals surface area contributed by atoms with Crippen molar-refractivity contribution in [1.82, 2.24) is 20.1 Å². The Bertz CT molecular complexity index is 1500. The molecule has 0 aliphatic heterocycles. The van der Waals surface area contributed by atoms with E-state index in [1.54, 1.807) is 54.1 Å². The average molecular weight is 599 g/mol. The van der Waals surface area contributed by atoms with Crippen molar-refractivity contribution in [3.05, 3.63) is 93.7 Å².